The molecule has 1 aromatic rings. The lowest BCUT2D eigenvalue weighted by Gasteiger charge is -2.15. The molecule has 112 valence electrons. The van der Waals surface area contributed by atoms with E-state index in [0.717, 1.165) is 6.07 Å². The van der Waals surface area contributed by atoms with Crippen LogP contribution in [-0.2, 0) is 6.42 Å². The number of primary amides is 2. The standard InChI is InChI=1S/C12H12N2O7/c13-9(16)5-3-6(10(14)17)8(12(20)21)4(1-2-15)7(5)11(18)19/h3,15H,1-2H2,(H2,13,16)(H2,14,17)(H,18,19)(H,20,21). The molecule has 0 heterocycles. The summed E-state index contributed by atoms with van der Waals surface area (Å²) in [6, 6.07) is 0.735. The first kappa shape index (κ1) is 16.1. The van der Waals surface area contributed by atoms with Crippen molar-refractivity contribution in [3.8, 4) is 0 Å². The topological polar surface area (TPSA) is 181 Å². The number of carbonyl (C=O) groups excluding carboxylic acids is 2. The van der Waals surface area contributed by atoms with Crippen LogP contribution < -0.4 is 11.5 Å². The van der Waals surface area contributed by atoms with Gasteiger partial charge in [0.2, 0.25) is 11.8 Å². The number of aliphatic hydroxyl groups excluding tert-OH is 1. The van der Waals surface area contributed by atoms with Gasteiger partial charge in [0.05, 0.1) is 22.3 Å². The van der Waals surface area contributed by atoms with Crippen LogP contribution in [0.1, 0.15) is 47.0 Å². The van der Waals surface area contributed by atoms with Gasteiger partial charge in [-0.25, -0.2) is 9.59 Å². The molecule has 0 saturated carbocycles. The van der Waals surface area contributed by atoms with Gasteiger partial charge < -0.3 is 26.8 Å². The van der Waals surface area contributed by atoms with Crippen LogP contribution in [0, 0.1) is 0 Å². The van der Waals surface area contributed by atoms with Gasteiger partial charge in [0, 0.05) is 6.61 Å². The van der Waals surface area contributed by atoms with Crippen LogP contribution in [0.4, 0.5) is 0 Å². The van der Waals surface area contributed by atoms with Gasteiger partial charge >= 0.3 is 11.9 Å². The first-order valence-electron chi connectivity index (χ1n) is 5.59. The molecule has 0 saturated heterocycles. The molecule has 21 heavy (non-hydrogen) atoms. The van der Waals surface area contributed by atoms with Crippen LogP contribution in [0.25, 0.3) is 0 Å². The van der Waals surface area contributed by atoms with Crippen molar-refractivity contribution in [3.63, 3.8) is 0 Å². The minimum absolute atomic E-state index is 0.386. The van der Waals surface area contributed by atoms with Gasteiger partial charge in [-0.1, -0.05) is 0 Å². The van der Waals surface area contributed by atoms with Gasteiger partial charge in [0.1, 0.15) is 0 Å². The third kappa shape index (κ3) is 2.98. The van der Waals surface area contributed by atoms with Crippen LogP contribution in [-0.4, -0.2) is 45.7 Å². The smallest absolute Gasteiger partial charge is 0.336 e. The molecule has 0 aliphatic rings. The summed E-state index contributed by atoms with van der Waals surface area (Å²) in [5, 5.41) is 27.3. The highest BCUT2D eigenvalue weighted by atomic mass is 16.4. The summed E-state index contributed by atoms with van der Waals surface area (Å²) in [4.78, 5) is 45.2. The van der Waals surface area contributed by atoms with E-state index in [4.69, 9.17) is 26.8 Å². The molecule has 0 aliphatic carbocycles. The average molecular weight is 296 g/mol. The Kier molecular flexibility index (Phi) is 4.61. The predicted octanol–water partition coefficient (Wildman–Crippen LogP) is -1.18. The fourth-order valence-corrected chi connectivity index (χ4v) is 1.98. The number of carboxylic acid groups (broad SMARTS) is 2. The molecule has 0 spiro atoms. The van der Waals surface area contributed by atoms with E-state index in [-0.39, 0.29) is 5.56 Å². The Labute approximate surface area is 117 Å². The summed E-state index contributed by atoms with van der Waals surface area (Å²) >= 11 is 0. The van der Waals surface area contributed by atoms with Crippen molar-refractivity contribution >= 4 is 23.8 Å². The summed E-state index contributed by atoms with van der Waals surface area (Å²) in [7, 11) is 0. The van der Waals surface area contributed by atoms with Crippen molar-refractivity contribution in [2.45, 2.75) is 6.42 Å². The Bertz CT molecular complexity index is 601. The van der Waals surface area contributed by atoms with Gasteiger partial charge in [0.15, 0.2) is 0 Å². The van der Waals surface area contributed by atoms with E-state index < -0.39 is 59.0 Å². The highest BCUT2D eigenvalue weighted by molar-refractivity contribution is 6.12. The molecule has 0 atom stereocenters. The van der Waals surface area contributed by atoms with E-state index in [9.17, 15) is 19.2 Å². The molecular formula is C12H12N2O7. The van der Waals surface area contributed by atoms with E-state index in [1.807, 2.05) is 0 Å². The second kappa shape index (κ2) is 6.01. The number of nitrogens with two attached hydrogens (primary N) is 2. The number of benzene rings is 1. The molecular weight excluding hydrogens is 284 g/mol. The highest BCUT2D eigenvalue weighted by Gasteiger charge is 2.29. The number of hydrogen-bond donors (Lipinski definition) is 5. The molecule has 0 unspecified atom stereocenters. The van der Waals surface area contributed by atoms with Crippen molar-refractivity contribution in [1.82, 2.24) is 0 Å². The summed E-state index contributed by atoms with van der Waals surface area (Å²) in [6.45, 7) is -0.596. The van der Waals surface area contributed by atoms with Crippen LogP contribution in [0.5, 0.6) is 0 Å². The summed E-state index contributed by atoms with van der Waals surface area (Å²) < 4.78 is 0. The average Bonchev–Trinajstić information content (AvgIpc) is 2.36. The largest absolute Gasteiger partial charge is 0.478 e. The Morgan fingerprint density at radius 2 is 1.29 bits per heavy atom. The van der Waals surface area contributed by atoms with Gasteiger partial charge in [0.25, 0.3) is 0 Å². The van der Waals surface area contributed by atoms with Crippen LogP contribution >= 0.6 is 0 Å². The number of aromatic carboxylic acids is 2. The molecule has 0 fully saturated rings. The van der Waals surface area contributed by atoms with Crippen molar-refractivity contribution in [1.29, 1.82) is 0 Å². The number of aliphatic hydroxyl groups is 1. The first-order valence-corrected chi connectivity index (χ1v) is 5.59. The lowest BCUT2D eigenvalue weighted by atomic mass is 9.89. The van der Waals surface area contributed by atoms with E-state index in [0.29, 0.717) is 0 Å². The Hall–Kier alpha value is -2.94. The molecule has 1 rings (SSSR count). The molecule has 0 aromatic heterocycles. The minimum Gasteiger partial charge on any atom is -0.478 e. The van der Waals surface area contributed by atoms with E-state index in [1.54, 1.807) is 0 Å². The zero-order valence-corrected chi connectivity index (χ0v) is 10.6. The monoisotopic (exact) mass is 296 g/mol. The number of carbonyl (C=O) groups is 4. The maximum Gasteiger partial charge on any atom is 0.336 e. The molecule has 0 radical (unpaired) electrons. The maximum absolute atomic E-state index is 11.3. The zero-order valence-electron chi connectivity index (χ0n) is 10.6. The fourth-order valence-electron chi connectivity index (χ4n) is 1.98. The van der Waals surface area contributed by atoms with E-state index >= 15 is 0 Å². The van der Waals surface area contributed by atoms with Crippen molar-refractivity contribution in [2.24, 2.45) is 11.5 Å². The van der Waals surface area contributed by atoms with Gasteiger partial charge in [-0.2, -0.15) is 0 Å². The minimum atomic E-state index is -1.61. The lowest BCUT2D eigenvalue weighted by molar-refractivity contribution is 0.0686. The number of rotatable bonds is 6. The number of carboxylic acids is 2. The quantitative estimate of drug-likeness (QED) is 0.437. The molecule has 9 heteroatoms. The van der Waals surface area contributed by atoms with Crippen LogP contribution in [0.2, 0.25) is 0 Å². The molecule has 7 N–H and O–H groups in total. The van der Waals surface area contributed by atoms with E-state index in [2.05, 4.69) is 0 Å². The Morgan fingerprint density at radius 1 is 0.905 bits per heavy atom. The molecule has 1 aromatic carbocycles. The van der Waals surface area contributed by atoms with E-state index in [1.165, 1.54) is 0 Å². The predicted molar refractivity (Wildman–Crippen MR) is 68.2 cm³/mol. The Morgan fingerprint density at radius 3 is 1.52 bits per heavy atom. The van der Waals surface area contributed by atoms with Crippen molar-refractivity contribution in [2.75, 3.05) is 6.61 Å². The van der Waals surface area contributed by atoms with Crippen LogP contribution in [0.3, 0.4) is 0 Å². The second-order valence-corrected chi connectivity index (χ2v) is 4.01. The van der Waals surface area contributed by atoms with Crippen LogP contribution in [0.15, 0.2) is 6.07 Å². The normalized spacial score (nSPS) is 10.1. The summed E-state index contributed by atoms with van der Waals surface area (Å²) in [5.74, 6) is -5.53. The first-order chi connectivity index (χ1) is 9.72. The van der Waals surface area contributed by atoms with Gasteiger partial charge in [-0.05, 0) is 18.1 Å². The number of amides is 2. The lowest BCUT2D eigenvalue weighted by Crippen LogP contribution is -2.26. The summed E-state index contributed by atoms with van der Waals surface area (Å²) in [5.41, 5.74) is 7.27. The third-order valence-corrected chi connectivity index (χ3v) is 2.75. The Balaban J connectivity index is 3.97. The van der Waals surface area contributed by atoms with Crippen molar-refractivity contribution in [3.05, 3.63) is 33.9 Å². The zero-order chi connectivity index (χ0) is 16.3. The van der Waals surface area contributed by atoms with Gasteiger partial charge in [-0.3, -0.25) is 9.59 Å². The third-order valence-electron chi connectivity index (χ3n) is 2.75. The fraction of sp³-hybridized carbons (Fsp3) is 0.167. The highest BCUT2D eigenvalue weighted by Crippen LogP contribution is 2.25. The van der Waals surface area contributed by atoms with Crippen molar-refractivity contribution < 1.29 is 34.5 Å². The molecule has 2 amide bonds. The SMILES string of the molecule is NC(=O)c1cc(C(N)=O)c(C(=O)O)c(CCO)c1C(=O)O. The summed E-state index contributed by atoms with van der Waals surface area (Å²) in [6.07, 6.45) is -0.398. The molecule has 9 nitrogen and oxygen atoms in total. The number of hydrogen-bond acceptors (Lipinski definition) is 5. The maximum atomic E-state index is 11.3. The van der Waals surface area contributed by atoms with Gasteiger partial charge in [-0.15, -0.1) is 0 Å². The molecule has 0 aliphatic heterocycles. The molecule has 0 bridgehead atoms. The second-order valence-electron chi connectivity index (χ2n) is 4.01.